The van der Waals surface area contributed by atoms with Crippen LogP contribution in [0.3, 0.4) is 0 Å². The van der Waals surface area contributed by atoms with Gasteiger partial charge in [-0.25, -0.2) is 4.98 Å². The molecule has 1 unspecified atom stereocenters. The van der Waals surface area contributed by atoms with Crippen molar-refractivity contribution in [2.75, 3.05) is 0 Å². The number of aromatic nitrogens is 2. The van der Waals surface area contributed by atoms with Crippen LogP contribution in [0.1, 0.15) is 60.8 Å². The van der Waals surface area contributed by atoms with Crippen molar-refractivity contribution in [3.05, 3.63) is 87.9 Å². The van der Waals surface area contributed by atoms with Crippen molar-refractivity contribution >= 4 is 23.2 Å². The molecular formula is C22H22Cl2N2. The van der Waals surface area contributed by atoms with Crippen LogP contribution in [0, 0.1) is 0 Å². The van der Waals surface area contributed by atoms with E-state index in [2.05, 4.69) is 39.9 Å². The first-order chi connectivity index (χ1) is 12.7. The van der Waals surface area contributed by atoms with Gasteiger partial charge in [0.1, 0.15) is 0 Å². The van der Waals surface area contributed by atoms with Crippen LogP contribution in [0.2, 0.25) is 10.0 Å². The molecule has 1 atom stereocenters. The first-order valence-electron chi connectivity index (χ1n) is 9.24. The Morgan fingerprint density at radius 1 is 0.923 bits per heavy atom. The molecule has 0 amide bonds. The Bertz CT molecular complexity index is 850. The molecule has 134 valence electrons. The van der Waals surface area contributed by atoms with Gasteiger partial charge in [-0.3, -0.25) is 0 Å². The van der Waals surface area contributed by atoms with Crippen LogP contribution in [0.4, 0.5) is 0 Å². The predicted octanol–water partition coefficient (Wildman–Crippen LogP) is 6.88. The summed E-state index contributed by atoms with van der Waals surface area (Å²) < 4.78 is 2.14. The molecule has 1 fully saturated rings. The number of halogens is 2. The average molecular weight is 385 g/mol. The van der Waals surface area contributed by atoms with E-state index in [9.17, 15) is 0 Å². The minimum atomic E-state index is 0.0642. The van der Waals surface area contributed by atoms with Crippen LogP contribution in [0.25, 0.3) is 0 Å². The Labute approximate surface area is 164 Å². The van der Waals surface area contributed by atoms with Gasteiger partial charge in [0.05, 0.1) is 12.4 Å². The standard InChI is InChI=1S/C22H22Cl2N2/c23-19-9-6-17(7-10-19)22(26-13-12-25-15-26)18-8-11-21(24)20(14-18)16-4-2-1-3-5-16/h6-16,22H,1-5H2. The third-order valence-corrected chi connectivity index (χ3v) is 5.99. The third kappa shape index (κ3) is 3.67. The van der Waals surface area contributed by atoms with E-state index >= 15 is 0 Å². The molecule has 2 aromatic carbocycles. The lowest BCUT2D eigenvalue weighted by Gasteiger charge is -2.26. The Kier molecular flexibility index (Phi) is 5.33. The van der Waals surface area contributed by atoms with Crippen LogP contribution in [0.5, 0.6) is 0 Å². The summed E-state index contributed by atoms with van der Waals surface area (Å²) in [6.45, 7) is 0. The molecule has 1 aromatic heterocycles. The highest BCUT2D eigenvalue weighted by Gasteiger charge is 2.22. The number of rotatable bonds is 4. The zero-order valence-electron chi connectivity index (χ0n) is 14.6. The monoisotopic (exact) mass is 384 g/mol. The Hall–Kier alpha value is -1.77. The average Bonchev–Trinajstić information content (AvgIpc) is 3.20. The van der Waals surface area contributed by atoms with Crippen molar-refractivity contribution in [2.45, 2.75) is 44.1 Å². The number of benzene rings is 2. The first-order valence-corrected chi connectivity index (χ1v) is 10.0. The molecule has 0 bridgehead atoms. The summed E-state index contributed by atoms with van der Waals surface area (Å²) in [6, 6.07) is 14.6. The van der Waals surface area contributed by atoms with Crippen molar-refractivity contribution < 1.29 is 0 Å². The van der Waals surface area contributed by atoms with E-state index in [1.807, 2.05) is 30.9 Å². The molecular weight excluding hydrogens is 363 g/mol. The van der Waals surface area contributed by atoms with Crippen molar-refractivity contribution in [3.8, 4) is 0 Å². The van der Waals surface area contributed by atoms with Gasteiger partial charge in [0.2, 0.25) is 0 Å². The van der Waals surface area contributed by atoms with Gasteiger partial charge < -0.3 is 4.57 Å². The maximum atomic E-state index is 6.59. The first kappa shape index (κ1) is 17.6. The molecule has 0 saturated heterocycles. The van der Waals surface area contributed by atoms with E-state index in [0.29, 0.717) is 5.92 Å². The fraction of sp³-hybridized carbons (Fsp3) is 0.318. The Balaban J connectivity index is 1.77. The lowest BCUT2D eigenvalue weighted by molar-refractivity contribution is 0.443. The summed E-state index contributed by atoms with van der Waals surface area (Å²) in [6.07, 6.45) is 12.1. The quantitative estimate of drug-likeness (QED) is 0.479. The second-order valence-corrected chi connectivity index (χ2v) is 7.92. The van der Waals surface area contributed by atoms with E-state index in [4.69, 9.17) is 23.2 Å². The van der Waals surface area contributed by atoms with Gasteiger partial charge in [0.15, 0.2) is 0 Å². The van der Waals surface area contributed by atoms with E-state index in [1.54, 1.807) is 0 Å². The third-order valence-electron chi connectivity index (χ3n) is 5.39. The van der Waals surface area contributed by atoms with Gasteiger partial charge in [0, 0.05) is 22.4 Å². The number of hydrogen-bond acceptors (Lipinski definition) is 1. The normalized spacial score (nSPS) is 16.5. The van der Waals surface area contributed by atoms with Crippen LogP contribution in [-0.2, 0) is 0 Å². The molecule has 26 heavy (non-hydrogen) atoms. The summed E-state index contributed by atoms with van der Waals surface area (Å²) in [5, 5.41) is 1.64. The zero-order chi connectivity index (χ0) is 17.9. The van der Waals surface area contributed by atoms with Crippen molar-refractivity contribution in [1.82, 2.24) is 9.55 Å². The molecule has 0 aliphatic heterocycles. The van der Waals surface area contributed by atoms with Crippen molar-refractivity contribution in [2.24, 2.45) is 0 Å². The molecule has 0 spiro atoms. The molecule has 3 aromatic rings. The highest BCUT2D eigenvalue weighted by Crippen LogP contribution is 2.38. The van der Waals surface area contributed by atoms with E-state index in [-0.39, 0.29) is 6.04 Å². The minimum Gasteiger partial charge on any atom is -0.326 e. The van der Waals surface area contributed by atoms with E-state index in [0.717, 1.165) is 10.0 Å². The van der Waals surface area contributed by atoms with Gasteiger partial charge in [-0.2, -0.15) is 0 Å². The highest BCUT2D eigenvalue weighted by molar-refractivity contribution is 6.31. The van der Waals surface area contributed by atoms with Gasteiger partial charge >= 0.3 is 0 Å². The topological polar surface area (TPSA) is 17.8 Å². The molecule has 0 N–H and O–H groups in total. The predicted molar refractivity (Wildman–Crippen MR) is 108 cm³/mol. The van der Waals surface area contributed by atoms with E-state index < -0.39 is 0 Å². The van der Waals surface area contributed by atoms with Crippen LogP contribution < -0.4 is 0 Å². The maximum Gasteiger partial charge on any atom is 0.0954 e. The maximum absolute atomic E-state index is 6.59. The van der Waals surface area contributed by atoms with Crippen LogP contribution >= 0.6 is 23.2 Å². The lowest BCUT2D eigenvalue weighted by Crippen LogP contribution is -2.12. The molecule has 0 radical (unpaired) electrons. The zero-order valence-corrected chi connectivity index (χ0v) is 16.1. The summed E-state index contributed by atoms with van der Waals surface area (Å²) >= 11 is 12.7. The van der Waals surface area contributed by atoms with Crippen LogP contribution in [0.15, 0.2) is 61.2 Å². The SMILES string of the molecule is Clc1ccc(C(c2ccc(Cl)c(C3CCCCC3)c2)n2ccnc2)cc1. The number of imidazole rings is 1. The van der Waals surface area contributed by atoms with Crippen molar-refractivity contribution in [1.29, 1.82) is 0 Å². The largest absolute Gasteiger partial charge is 0.326 e. The molecule has 1 aliphatic rings. The Morgan fingerprint density at radius 2 is 1.65 bits per heavy atom. The minimum absolute atomic E-state index is 0.0642. The molecule has 4 rings (SSSR count). The number of hydrogen-bond donors (Lipinski definition) is 0. The van der Waals surface area contributed by atoms with Gasteiger partial charge in [-0.15, -0.1) is 0 Å². The fourth-order valence-corrected chi connectivity index (χ4v) is 4.46. The molecule has 1 aliphatic carbocycles. The second-order valence-electron chi connectivity index (χ2n) is 7.08. The lowest BCUT2D eigenvalue weighted by atomic mass is 9.83. The van der Waals surface area contributed by atoms with Gasteiger partial charge in [0.25, 0.3) is 0 Å². The molecule has 1 saturated carbocycles. The molecule has 4 heteroatoms. The van der Waals surface area contributed by atoms with Crippen LogP contribution in [-0.4, -0.2) is 9.55 Å². The fourth-order valence-electron chi connectivity index (χ4n) is 4.06. The summed E-state index contributed by atoms with van der Waals surface area (Å²) in [4.78, 5) is 4.25. The van der Waals surface area contributed by atoms with E-state index in [1.165, 1.54) is 48.8 Å². The van der Waals surface area contributed by atoms with Gasteiger partial charge in [-0.1, -0.05) is 66.7 Å². The molecule has 2 nitrogen and oxygen atoms in total. The Morgan fingerprint density at radius 3 is 2.35 bits per heavy atom. The van der Waals surface area contributed by atoms with Crippen molar-refractivity contribution in [3.63, 3.8) is 0 Å². The highest BCUT2D eigenvalue weighted by atomic mass is 35.5. The summed E-state index contributed by atoms with van der Waals surface area (Å²) in [7, 11) is 0. The summed E-state index contributed by atoms with van der Waals surface area (Å²) in [5.41, 5.74) is 3.71. The summed E-state index contributed by atoms with van der Waals surface area (Å²) in [5.74, 6) is 0.574. The molecule has 1 heterocycles. The second kappa shape index (κ2) is 7.85. The van der Waals surface area contributed by atoms with Gasteiger partial charge in [-0.05, 0) is 53.6 Å². The smallest absolute Gasteiger partial charge is 0.0954 e. The number of nitrogens with zero attached hydrogens (tertiary/aromatic N) is 2.